The second kappa shape index (κ2) is 15.1. The van der Waals surface area contributed by atoms with Gasteiger partial charge in [0.2, 0.25) is 5.91 Å². The summed E-state index contributed by atoms with van der Waals surface area (Å²) in [6.07, 6.45) is 5.76. The molecule has 0 saturated carbocycles. The highest BCUT2D eigenvalue weighted by atomic mass is 35.5. The molecule has 1 aromatic heterocycles. The maximum absolute atomic E-state index is 12.2. The number of rotatable bonds is 13. The van der Waals surface area contributed by atoms with E-state index in [0.717, 1.165) is 59.6 Å². The van der Waals surface area contributed by atoms with Crippen molar-refractivity contribution in [1.82, 2.24) is 9.55 Å². The molecule has 5 aromatic rings. The van der Waals surface area contributed by atoms with Crippen LogP contribution in [0.2, 0.25) is 10.0 Å². The normalized spacial score (nSPS) is 11.0. The number of nitrogens with one attached hydrogen (secondary N) is 1. The molecule has 0 atom stereocenters. The zero-order chi connectivity index (χ0) is 32.6. The van der Waals surface area contributed by atoms with Gasteiger partial charge in [0.15, 0.2) is 0 Å². The number of amides is 1. The smallest absolute Gasteiger partial charge is 0.337 e. The van der Waals surface area contributed by atoms with E-state index >= 15 is 0 Å². The van der Waals surface area contributed by atoms with Gasteiger partial charge >= 0.3 is 5.97 Å². The average molecular weight is 657 g/mol. The molecule has 0 spiro atoms. The first-order valence-corrected chi connectivity index (χ1v) is 16.1. The average Bonchev–Trinajstić information content (AvgIpc) is 3.44. The number of unbranched alkanes of at least 4 members (excludes halogenated alkanes) is 2. The topological polar surface area (TPSA) is 93.5 Å². The predicted octanol–water partition coefficient (Wildman–Crippen LogP) is 10.1. The lowest BCUT2D eigenvalue weighted by molar-refractivity contribution is -0.116. The molecule has 0 aliphatic heterocycles. The molecule has 9 heteroatoms. The van der Waals surface area contributed by atoms with Gasteiger partial charge < -0.3 is 19.7 Å². The number of hydrogen-bond acceptors (Lipinski definition) is 4. The van der Waals surface area contributed by atoms with Crippen LogP contribution < -0.4 is 10.1 Å². The Hall–Kier alpha value is -4.59. The second-order valence-electron chi connectivity index (χ2n) is 11.0. The lowest BCUT2D eigenvalue weighted by Crippen LogP contribution is -2.14. The number of aromatic nitrogens is 2. The van der Waals surface area contributed by atoms with E-state index in [1.807, 2.05) is 42.6 Å². The summed E-state index contributed by atoms with van der Waals surface area (Å²) in [6.45, 7) is 4.94. The van der Waals surface area contributed by atoms with Gasteiger partial charge in [0, 0.05) is 36.2 Å². The van der Waals surface area contributed by atoms with Crippen LogP contribution in [0.3, 0.4) is 0 Å². The van der Waals surface area contributed by atoms with E-state index in [1.165, 1.54) is 6.07 Å². The van der Waals surface area contributed by atoms with Crippen LogP contribution in [0.25, 0.3) is 22.4 Å². The van der Waals surface area contributed by atoms with E-state index in [9.17, 15) is 14.7 Å². The number of hydrogen-bond donors (Lipinski definition) is 2. The molecule has 0 fully saturated rings. The quantitative estimate of drug-likeness (QED) is 0.123. The first-order chi connectivity index (χ1) is 22.2. The number of halogens is 2. The number of carboxylic acids is 1. The van der Waals surface area contributed by atoms with Crippen LogP contribution >= 0.6 is 23.2 Å². The lowest BCUT2D eigenvalue weighted by atomic mass is 10.0. The van der Waals surface area contributed by atoms with Crippen LogP contribution in [0, 0.1) is 0 Å². The number of aryl methyl sites for hydroxylation is 1. The van der Waals surface area contributed by atoms with E-state index in [0.29, 0.717) is 34.4 Å². The summed E-state index contributed by atoms with van der Waals surface area (Å²) in [4.78, 5) is 29.0. The van der Waals surface area contributed by atoms with Crippen molar-refractivity contribution in [2.24, 2.45) is 0 Å². The molecule has 46 heavy (non-hydrogen) atoms. The standard InChI is InChI=1S/C37H35Cl2N3O4/c1-3-5-6-7-36(43)41-33-19-17-29(22-31(33)37(44)45)46-28-15-12-26(13-16-28)25-10-8-24(9-11-25)20-35-40-34(23-42(35)4-2)30-18-14-27(38)21-32(30)39/h8-19,21-23H,3-7,20H2,1-2H3,(H,41,43)(H,44,45). The molecule has 1 heterocycles. The Morgan fingerprint density at radius 3 is 2.22 bits per heavy atom. The predicted molar refractivity (Wildman–Crippen MR) is 184 cm³/mol. The van der Waals surface area contributed by atoms with Crippen molar-refractivity contribution in [3.8, 4) is 33.9 Å². The molecule has 0 aliphatic rings. The Morgan fingerprint density at radius 1 is 0.870 bits per heavy atom. The fourth-order valence-corrected chi connectivity index (χ4v) is 5.67. The Kier molecular flexibility index (Phi) is 10.8. The number of carbonyl (C=O) groups excluding carboxylic acids is 1. The van der Waals surface area contributed by atoms with Crippen molar-refractivity contribution < 1.29 is 19.4 Å². The van der Waals surface area contributed by atoms with Crippen LogP contribution in [0.5, 0.6) is 11.5 Å². The fourth-order valence-electron chi connectivity index (χ4n) is 5.17. The fraction of sp³-hybridized carbons (Fsp3) is 0.216. The molecular weight excluding hydrogens is 621 g/mol. The third-order valence-corrected chi connectivity index (χ3v) is 8.20. The minimum Gasteiger partial charge on any atom is -0.478 e. The summed E-state index contributed by atoms with van der Waals surface area (Å²) in [5, 5.41) is 13.6. The number of carbonyl (C=O) groups is 2. The van der Waals surface area contributed by atoms with E-state index in [4.69, 9.17) is 32.9 Å². The highest BCUT2D eigenvalue weighted by Gasteiger charge is 2.15. The van der Waals surface area contributed by atoms with Gasteiger partial charge in [-0.25, -0.2) is 9.78 Å². The summed E-state index contributed by atoms with van der Waals surface area (Å²) in [5.41, 5.74) is 5.10. The molecule has 0 aliphatic carbocycles. The molecule has 5 rings (SSSR count). The van der Waals surface area contributed by atoms with Crippen LogP contribution in [-0.4, -0.2) is 26.5 Å². The number of nitrogens with zero attached hydrogens (tertiary/aromatic N) is 2. The van der Waals surface area contributed by atoms with Crippen molar-refractivity contribution in [3.63, 3.8) is 0 Å². The molecule has 0 unspecified atom stereocenters. The SMILES string of the molecule is CCCCCC(=O)Nc1ccc(Oc2ccc(-c3ccc(Cc4nc(-c5ccc(Cl)cc5Cl)cn4CC)cc3)cc2)cc1C(=O)O. The number of carboxylic acid groups (broad SMARTS) is 1. The van der Waals surface area contributed by atoms with Crippen molar-refractivity contribution in [2.75, 3.05) is 5.32 Å². The summed E-state index contributed by atoms with van der Waals surface area (Å²) in [5.74, 6) is 0.542. The summed E-state index contributed by atoms with van der Waals surface area (Å²) >= 11 is 12.5. The molecule has 236 valence electrons. The number of imidazole rings is 1. The molecule has 7 nitrogen and oxygen atoms in total. The van der Waals surface area contributed by atoms with Crippen molar-refractivity contribution >= 4 is 40.8 Å². The first-order valence-electron chi connectivity index (χ1n) is 15.3. The van der Waals surface area contributed by atoms with E-state index in [-0.39, 0.29) is 17.2 Å². The molecule has 2 N–H and O–H groups in total. The van der Waals surface area contributed by atoms with Crippen molar-refractivity contribution in [2.45, 2.75) is 52.5 Å². The van der Waals surface area contributed by atoms with Crippen molar-refractivity contribution in [3.05, 3.63) is 118 Å². The summed E-state index contributed by atoms with van der Waals surface area (Å²) in [7, 11) is 0. The second-order valence-corrected chi connectivity index (χ2v) is 11.8. The zero-order valence-electron chi connectivity index (χ0n) is 25.7. The number of aromatic carboxylic acids is 1. The van der Waals surface area contributed by atoms with Gasteiger partial charge in [-0.2, -0.15) is 0 Å². The molecular formula is C37H35Cl2N3O4. The number of ether oxygens (including phenoxy) is 1. The minimum absolute atomic E-state index is 0.0236. The Bertz CT molecular complexity index is 1830. The zero-order valence-corrected chi connectivity index (χ0v) is 27.2. The van der Waals surface area contributed by atoms with Gasteiger partial charge in [-0.3, -0.25) is 4.79 Å². The summed E-state index contributed by atoms with van der Waals surface area (Å²) in [6, 6.07) is 26.0. The molecule has 1 amide bonds. The maximum atomic E-state index is 12.2. The van der Waals surface area contributed by atoms with E-state index < -0.39 is 5.97 Å². The molecule has 0 bridgehead atoms. The van der Waals surface area contributed by atoms with Crippen LogP contribution in [0.15, 0.2) is 91.1 Å². The third-order valence-electron chi connectivity index (χ3n) is 7.65. The van der Waals surface area contributed by atoms with Gasteiger partial charge in [0.25, 0.3) is 0 Å². The molecule has 0 radical (unpaired) electrons. The number of anilines is 1. The monoisotopic (exact) mass is 655 g/mol. The Balaban J connectivity index is 1.24. The van der Waals surface area contributed by atoms with E-state index in [2.05, 4.69) is 48.0 Å². The van der Waals surface area contributed by atoms with Crippen LogP contribution in [0.1, 0.15) is 61.3 Å². The number of benzene rings is 4. The van der Waals surface area contributed by atoms with Gasteiger partial charge in [-0.1, -0.05) is 79.4 Å². The lowest BCUT2D eigenvalue weighted by Gasteiger charge is -2.12. The van der Waals surface area contributed by atoms with Gasteiger partial charge in [0.1, 0.15) is 17.3 Å². The Morgan fingerprint density at radius 2 is 1.57 bits per heavy atom. The highest BCUT2D eigenvalue weighted by molar-refractivity contribution is 6.36. The molecule has 0 saturated heterocycles. The van der Waals surface area contributed by atoms with Crippen LogP contribution in [0.4, 0.5) is 5.69 Å². The Labute approximate surface area is 278 Å². The first kappa shape index (κ1) is 32.8. The van der Waals surface area contributed by atoms with Crippen LogP contribution in [-0.2, 0) is 17.8 Å². The minimum atomic E-state index is -1.14. The largest absolute Gasteiger partial charge is 0.478 e. The van der Waals surface area contributed by atoms with E-state index in [1.54, 1.807) is 18.2 Å². The van der Waals surface area contributed by atoms with Gasteiger partial charge in [0.05, 0.1) is 22.0 Å². The third kappa shape index (κ3) is 8.16. The molecule has 4 aromatic carbocycles. The highest BCUT2D eigenvalue weighted by Crippen LogP contribution is 2.32. The maximum Gasteiger partial charge on any atom is 0.337 e. The van der Waals surface area contributed by atoms with Crippen molar-refractivity contribution in [1.29, 1.82) is 0 Å². The van der Waals surface area contributed by atoms with Gasteiger partial charge in [-0.15, -0.1) is 0 Å². The van der Waals surface area contributed by atoms with Gasteiger partial charge in [-0.05, 0) is 78.6 Å². The summed E-state index contributed by atoms with van der Waals surface area (Å²) < 4.78 is 8.08.